The molecule has 14 heavy (non-hydrogen) atoms. The molecule has 1 unspecified atom stereocenters. The average molecular weight is 195 g/mol. The molecule has 0 saturated heterocycles. The lowest BCUT2D eigenvalue weighted by Crippen LogP contribution is -2.19. The van der Waals surface area contributed by atoms with Gasteiger partial charge in [0, 0.05) is 6.54 Å². The summed E-state index contributed by atoms with van der Waals surface area (Å²) < 4.78 is 6.44. The second kappa shape index (κ2) is 3.40. The van der Waals surface area contributed by atoms with Crippen LogP contribution in [0.15, 0.2) is 0 Å². The Balaban J connectivity index is 2.35. The Morgan fingerprint density at radius 2 is 2.43 bits per heavy atom. The predicted molar refractivity (Wildman–Crippen MR) is 48.8 cm³/mol. The van der Waals surface area contributed by atoms with Gasteiger partial charge in [0.2, 0.25) is 0 Å². The van der Waals surface area contributed by atoms with E-state index in [-0.39, 0.29) is 5.97 Å². The van der Waals surface area contributed by atoms with E-state index in [2.05, 4.69) is 22.0 Å². The van der Waals surface area contributed by atoms with E-state index in [9.17, 15) is 4.79 Å². The maximum atomic E-state index is 11.3. The van der Waals surface area contributed by atoms with Gasteiger partial charge in [0.05, 0.1) is 12.8 Å². The smallest absolute Gasteiger partial charge is 0.360 e. The number of carbonyl (C=O) groups excluding carboxylic acids is 1. The molecule has 0 amide bonds. The molecule has 1 aromatic heterocycles. The standard InChI is InChI=1S/C9H13N3O2/c1-6-3-4-12-7(5-6)8(10-11-12)9(13)14-2/h6H,3-5H2,1-2H3. The van der Waals surface area contributed by atoms with Crippen LogP contribution < -0.4 is 0 Å². The molecule has 2 rings (SSSR count). The van der Waals surface area contributed by atoms with Crippen molar-refractivity contribution < 1.29 is 9.53 Å². The number of nitrogens with zero attached hydrogens (tertiary/aromatic N) is 3. The second-order valence-corrected chi connectivity index (χ2v) is 3.70. The topological polar surface area (TPSA) is 57.0 Å². The van der Waals surface area contributed by atoms with Crippen LogP contribution in [-0.2, 0) is 17.7 Å². The average Bonchev–Trinajstić information content (AvgIpc) is 2.59. The van der Waals surface area contributed by atoms with Gasteiger partial charge in [-0.2, -0.15) is 0 Å². The quantitative estimate of drug-likeness (QED) is 0.617. The molecule has 0 bridgehead atoms. The Bertz CT molecular complexity index is 359. The normalized spacial score (nSPS) is 20.3. The Morgan fingerprint density at radius 1 is 1.64 bits per heavy atom. The number of hydrogen-bond donors (Lipinski definition) is 0. The molecule has 0 aliphatic carbocycles. The lowest BCUT2D eigenvalue weighted by molar-refractivity contribution is 0.0592. The first-order valence-corrected chi connectivity index (χ1v) is 4.73. The summed E-state index contributed by atoms with van der Waals surface area (Å²) in [5, 5.41) is 7.77. The van der Waals surface area contributed by atoms with E-state index < -0.39 is 0 Å². The SMILES string of the molecule is COC(=O)c1nnn2c1CC(C)CC2. The van der Waals surface area contributed by atoms with Gasteiger partial charge in [-0.05, 0) is 18.8 Å². The Hall–Kier alpha value is -1.39. The first-order chi connectivity index (χ1) is 6.72. The minimum Gasteiger partial charge on any atom is -0.464 e. The van der Waals surface area contributed by atoms with Gasteiger partial charge in [-0.15, -0.1) is 5.10 Å². The molecule has 0 spiro atoms. The highest BCUT2D eigenvalue weighted by atomic mass is 16.5. The van der Waals surface area contributed by atoms with Gasteiger partial charge in [0.25, 0.3) is 0 Å². The minimum absolute atomic E-state index is 0.374. The van der Waals surface area contributed by atoms with Gasteiger partial charge >= 0.3 is 5.97 Å². The Morgan fingerprint density at radius 3 is 3.14 bits per heavy atom. The zero-order valence-electron chi connectivity index (χ0n) is 8.36. The van der Waals surface area contributed by atoms with Crippen molar-refractivity contribution in [3.63, 3.8) is 0 Å². The van der Waals surface area contributed by atoms with Crippen molar-refractivity contribution in [1.29, 1.82) is 0 Å². The van der Waals surface area contributed by atoms with Crippen molar-refractivity contribution in [1.82, 2.24) is 15.0 Å². The molecule has 1 aromatic rings. The van der Waals surface area contributed by atoms with Crippen LogP contribution in [-0.4, -0.2) is 28.1 Å². The molecule has 1 atom stereocenters. The Kier molecular flexibility index (Phi) is 2.23. The van der Waals surface area contributed by atoms with Gasteiger partial charge < -0.3 is 4.74 Å². The van der Waals surface area contributed by atoms with E-state index in [0.717, 1.165) is 25.1 Å². The molecule has 0 N–H and O–H groups in total. The van der Waals surface area contributed by atoms with Gasteiger partial charge in [-0.1, -0.05) is 12.1 Å². The number of hydrogen-bond acceptors (Lipinski definition) is 4. The number of ether oxygens (including phenoxy) is 1. The maximum Gasteiger partial charge on any atom is 0.360 e. The number of fused-ring (bicyclic) bond motifs is 1. The maximum absolute atomic E-state index is 11.3. The number of aryl methyl sites for hydroxylation is 1. The van der Waals surface area contributed by atoms with E-state index in [1.54, 1.807) is 4.68 Å². The molecule has 0 radical (unpaired) electrons. The third-order valence-electron chi connectivity index (χ3n) is 2.59. The van der Waals surface area contributed by atoms with Crippen LogP contribution in [0.5, 0.6) is 0 Å². The minimum atomic E-state index is -0.389. The molecule has 2 heterocycles. The first-order valence-electron chi connectivity index (χ1n) is 4.73. The van der Waals surface area contributed by atoms with E-state index in [1.165, 1.54) is 7.11 Å². The lowest BCUT2D eigenvalue weighted by atomic mass is 9.97. The van der Waals surface area contributed by atoms with Crippen LogP contribution in [0.1, 0.15) is 29.5 Å². The van der Waals surface area contributed by atoms with E-state index in [0.29, 0.717) is 11.6 Å². The highest BCUT2D eigenvalue weighted by Gasteiger charge is 2.24. The largest absolute Gasteiger partial charge is 0.464 e. The van der Waals surface area contributed by atoms with Crippen molar-refractivity contribution in [3.8, 4) is 0 Å². The summed E-state index contributed by atoms with van der Waals surface area (Å²) >= 11 is 0. The fourth-order valence-electron chi connectivity index (χ4n) is 1.74. The monoisotopic (exact) mass is 195 g/mol. The number of aromatic nitrogens is 3. The van der Waals surface area contributed by atoms with Crippen LogP contribution in [0.3, 0.4) is 0 Å². The molecule has 5 nitrogen and oxygen atoms in total. The summed E-state index contributed by atoms with van der Waals surface area (Å²) in [5.74, 6) is 0.199. The molecular formula is C9H13N3O2. The third-order valence-corrected chi connectivity index (χ3v) is 2.59. The first kappa shape index (κ1) is 9.18. The molecule has 76 valence electrons. The van der Waals surface area contributed by atoms with Gasteiger partial charge in [0.1, 0.15) is 0 Å². The third kappa shape index (κ3) is 1.38. The molecule has 0 fully saturated rings. The van der Waals surface area contributed by atoms with Crippen molar-refractivity contribution in [2.45, 2.75) is 26.3 Å². The van der Waals surface area contributed by atoms with Gasteiger partial charge in [-0.3, -0.25) is 0 Å². The van der Waals surface area contributed by atoms with Gasteiger partial charge in [0.15, 0.2) is 5.69 Å². The number of esters is 1. The Labute approximate surface area is 82.1 Å². The van der Waals surface area contributed by atoms with E-state index >= 15 is 0 Å². The van der Waals surface area contributed by atoms with Crippen LogP contribution in [0, 0.1) is 5.92 Å². The fraction of sp³-hybridized carbons (Fsp3) is 0.667. The second-order valence-electron chi connectivity index (χ2n) is 3.70. The lowest BCUT2D eigenvalue weighted by Gasteiger charge is -2.18. The molecule has 0 saturated carbocycles. The predicted octanol–water partition coefficient (Wildman–Crippen LogP) is 0.647. The highest BCUT2D eigenvalue weighted by molar-refractivity contribution is 5.88. The van der Waals surface area contributed by atoms with Crippen LogP contribution >= 0.6 is 0 Å². The zero-order chi connectivity index (χ0) is 10.1. The van der Waals surface area contributed by atoms with E-state index in [4.69, 9.17) is 0 Å². The van der Waals surface area contributed by atoms with Crippen molar-refractivity contribution in [2.75, 3.05) is 7.11 Å². The van der Waals surface area contributed by atoms with Crippen LogP contribution in [0.4, 0.5) is 0 Å². The van der Waals surface area contributed by atoms with Crippen molar-refractivity contribution >= 4 is 5.97 Å². The fourth-order valence-corrected chi connectivity index (χ4v) is 1.74. The van der Waals surface area contributed by atoms with Crippen molar-refractivity contribution in [3.05, 3.63) is 11.4 Å². The summed E-state index contributed by atoms with van der Waals surface area (Å²) in [6.07, 6.45) is 1.95. The molecule has 0 aromatic carbocycles. The molecule has 5 heteroatoms. The molecular weight excluding hydrogens is 182 g/mol. The van der Waals surface area contributed by atoms with Crippen molar-refractivity contribution in [2.24, 2.45) is 5.92 Å². The number of methoxy groups -OCH3 is 1. The van der Waals surface area contributed by atoms with Crippen LogP contribution in [0.2, 0.25) is 0 Å². The number of rotatable bonds is 1. The summed E-state index contributed by atoms with van der Waals surface area (Å²) in [6.45, 7) is 3.01. The summed E-state index contributed by atoms with van der Waals surface area (Å²) in [7, 11) is 1.36. The molecule has 1 aliphatic heterocycles. The van der Waals surface area contributed by atoms with Gasteiger partial charge in [-0.25, -0.2) is 9.48 Å². The van der Waals surface area contributed by atoms with E-state index in [1.807, 2.05) is 0 Å². The molecule has 1 aliphatic rings. The summed E-state index contributed by atoms with van der Waals surface area (Å²) in [6, 6.07) is 0. The zero-order valence-corrected chi connectivity index (χ0v) is 8.36. The highest BCUT2D eigenvalue weighted by Crippen LogP contribution is 2.21. The summed E-state index contributed by atoms with van der Waals surface area (Å²) in [4.78, 5) is 11.3. The van der Waals surface area contributed by atoms with Crippen LogP contribution in [0.25, 0.3) is 0 Å². The summed E-state index contributed by atoms with van der Waals surface area (Å²) in [5.41, 5.74) is 1.29. The number of carbonyl (C=O) groups is 1.